The molecule has 0 saturated heterocycles. The molecule has 0 atom stereocenters. The van der Waals surface area contributed by atoms with E-state index >= 15 is 0 Å². The molecule has 1 aromatic heterocycles. The van der Waals surface area contributed by atoms with Crippen LogP contribution in [0.3, 0.4) is 0 Å². The molecule has 10 rings (SSSR count). The first-order chi connectivity index (χ1) is 26.7. The highest BCUT2D eigenvalue weighted by molar-refractivity contribution is 6.10. The van der Waals surface area contributed by atoms with Gasteiger partial charge in [0.05, 0.1) is 0 Å². The number of aromatic nitrogens is 1. The number of rotatable bonds is 7. The summed E-state index contributed by atoms with van der Waals surface area (Å²) in [6.07, 6.45) is 0. The van der Waals surface area contributed by atoms with Crippen molar-refractivity contribution in [3.63, 3.8) is 0 Å². The predicted molar refractivity (Wildman–Crippen MR) is 225 cm³/mol. The monoisotopic (exact) mass is 690 g/mol. The van der Waals surface area contributed by atoms with Crippen LogP contribution in [0.2, 0.25) is 0 Å². The number of hydrogen-bond acceptors (Lipinski definition) is 3. The van der Waals surface area contributed by atoms with Gasteiger partial charge in [-0.3, -0.25) is 0 Å². The lowest BCUT2D eigenvalue weighted by atomic mass is 9.97. The molecule has 0 amide bonds. The average molecular weight is 691 g/mol. The van der Waals surface area contributed by atoms with Gasteiger partial charge in [-0.05, 0) is 105 Å². The first-order valence-corrected chi connectivity index (χ1v) is 18.3. The van der Waals surface area contributed by atoms with Gasteiger partial charge in [-0.15, -0.1) is 0 Å². The van der Waals surface area contributed by atoms with Gasteiger partial charge >= 0.3 is 0 Å². The second kappa shape index (κ2) is 13.4. The van der Waals surface area contributed by atoms with Crippen LogP contribution < -0.4 is 4.90 Å². The fourth-order valence-corrected chi connectivity index (χ4v) is 7.50. The average Bonchev–Trinajstić information content (AvgIpc) is 3.71. The van der Waals surface area contributed by atoms with Crippen molar-refractivity contribution in [1.82, 2.24) is 4.98 Å². The van der Waals surface area contributed by atoms with E-state index in [2.05, 4.69) is 175 Å². The second-order valence-electron chi connectivity index (χ2n) is 13.6. The molecular weight excluding hydrogens is 657 g/mol. The van der Waals surface area contributed by atoms with Gasteiger partial charge in [0.2, 0.25) is 5.89 Å². The molecule has 0 aliphatic carbocycles. The molecule has 10 aromatic rings. The number of benzene rings is 9. The van der Waals surface area contributed by atoms with Crippen molar-refractivity contribution >= 4 is 49.7 Å². The van der Waals surface area contributed by atoms with Crippen molar-refractivity contribution in [3.8, 4) is 44.8 Å². The summed E-state index contributed by atoms with van der Waals surface area (Å²) in [6.45, 7) is 0. The fourth-order valence-electron chi connectivity index (χ4n) is 7.50. The Morgan fingerprint density at radius 2 is 0.852 bits per heavy atom. The summed E-state index contributed by atoms with van der Waals surface area (Å²) < 4.78 is 6.44. The van der Waals surface area contributed by atoms with Crippen LogP contribution in [-0.4, -0.2) is 4.98 Å². The van der Waals surface area contributed by atoms with Gasteiger partial charge in [-0.1, -0.05) is 146 Å². The molecule has 0 bridgehead atoms. The van der Waals surface area contributed by atoms with E-state index in [-0.39, 0.29) is 0 Å². The molecule has 0 aliphatic rings. The molecule has 0 N–H and O–H groups in total. The standard InChI is InChI=1S/C51H34N2O/c1-3-12-40(13-4-1)51-52-49-48(34-43-15-9-10-18-47(43)50(49)54-51)39-22-19-36(20-23-39)37-25-29-45(30-26-37)53(44-16-5-2-6-17-44)46-31-27-38(28-32-46)42-24-21-35-11-7-8-14-41(35)33-42/h1-34H. The van der Waals surface area contributed by atoms with Crippen molar-refractivity contribution in [3.05, 3.63) is 206 Å². The molecule has 0 aliphatic heterocycles. The number of anilines is 3. The molecule has 3 heteroatoms. The second-order valence-corrected chi connectivity index (χ2v) is 13.6. The van der Waals surface area contributed by atoms with Crippen LogP contribution in [0.4, 0.5) is 17.1 Å². The van der Waals surface area contributed by atoms with E-state index in [1.165, 1.54) is 21.9 Å². The van der Waals surface area contributed by atoms with Crippen LogP contribution in [0.5, 0.6) is 0 Å². The van der Waals surface area contributed by atoms with Crippen LogP contribution in [-0.2, 0) is 0 Å². The van der Waals surface area contributed by atoms with Gasteiger partial charge in [0, 0.05) is 33.6 Å². The molecule has 3 nitrogen and oxygen atoms in total. The minimum Gasteiger partial charge on any atom is -0.435 e. The lowest BCUT2D eigenvalue weighted by Gasteiger charge is -2.26. The highest BCUT2D eigenvalue weighted by Crippen LogP contribution is 2.39. The Morgan fingerprint density at radius 1 is 0.352 bits per heavy atom. The van der Waals surface area contributed by atoms with Crippen molar-refractivity contribution in [2.45, 2.75) is 0 Å². The first kappa shape index (κ1) is 31.5. The maximum Gasteiger partial charge on any atom is 0.227 e. The van der Waals surface area contributed by atoms with Crippen LogP contribution in [0, 0.1) is 0 Å². The number of fused-ring (bicyclic) bond motifs is 4. The third-order valence-electron chi connectivity index (χ3n) is 10.3. The van der Waals surface area contributed by atoms with E-state index in [0.717, 1.165) is 66.8 Å². The van der Waals surface area contributed by atoms with Crippen molar-refractivity contribution in [2.75, 3.05) is 4.90 Å². The maximum atomic E-state index is 6.44. The zero-order valence-electron chi connectivity index (χ0n) is 29.4. The van der Waals surface area contributed by atoms with Gasteiger partial charge in [0.15, 0.2) is 5.58 Å². The van der Waals surface area contributed by atoms with E-state index in [9.17, 15) is 0 Å². The van der Waals surface area contributed by atoms with Crippen molar-refractivity contribution < 1.29 is 4.42 Å². The minimum atomic E-state index is 0.630. The number of nitrogens with zero attached hydrogens (tertiary/aromatic N) is 2. The van der Waals surface area contributed by atoms with Crippen LogP contribution in [0.15, 0.2) is 211 Å². The van der Waals surface area contributed by atoms with Gasteiger partial charge in [0.1, 0.15) is 5.52 Å². The quantitative estimate of drug-likeness (QED) is 0.167. The largest absolute Gasteiger partial charge is 0.435 e. The maximum absolute atomic E-state index is 6.44. The van der Waals surface area contributed by atoms with Crippen molar-refractivity contribution in [1.29, 1.82) is 0 Å². The van der Waals surface area contributed by atoms with E-state index in [1.54, 1.807) is 0 Å². The summed E-state index contributed by atoms with van der Waals surface area (Å²) in [5, 5.41) is 4.69. The third kappa shape index (κ3) is 5.78. The molecule has 1 heterocycles. The molecule has 0 radical (unpaired) electrons. The summed E-state index contributed by atoms with van der Waals surface area (Å²) in [4.78, 5) is 7.33. The van der Waals surface area contributed by atoms with Crippen LogP contribution in [0.25, 0.3) is 77.5 Å². The van der Waals surface area contributed by atoms with Gasteiger partial charge in [0.25, 0.3) is 0 Å². The van der Waals surface area contributed by atoms with E-state index < -0.39 is 0 Å². The van der Waals surface area contributed by atoms with E-state index in [0.29, 0.717) is 5.89 Å². The molecule has 54 heavy (non-hydrogen) atoms. The Balaban J connectivity index is 0.964. The van der Waals surface area contributed by atoms with Gasteiger partial charge in [-0.25, -0.2) is 4.98 Å². The fraction of sp³-hybridized carbons (Fsp3) is 0. The molecular formula is C51H34N2O. The summed E-state index contributed by atoms with van der Waals surface area (Å²) in [7, 11) is 0. The number of hydrogen-bond donors (Lipinski definition) is 0. The van der Waals surface area contributed by atoms with E-state index in [1.807, 2.05) is 36.4 Å². The molecule has 9 aromatic carbocycles. The Hall–Kier alpha value is -7.23. The smallest absolute Gasteiger partial charge is 0.227 e. The summed E-state index contributed by atoms with van der Waals surface area (Å²) >= 11 is 0. The molecule has 254 valence electrons. The highest BCUT2D eigenvalue weighted by Gasteiger charge is 2.17. The Morgan fingerprint density at radius 3 is 1.54 bits per heavy atom. The zero-order chi connectivity index (χ0) is 35.8. The SMILES string of the molecule is c1ccc(-c2nc3c(-c4ccc(-c5ccc(N(c6ccccc6)c6ccc(-c7ccc8ccccc8c7)cc6)cc5)cc4)cc4ccccc4c3o2)cc1. The Labute approximate surface area is 314 Å². The highest BCUT2D eigenvalue weighted by atomic mass is 16.3. The summed E-state index contributed by atoms with van der Waals surface area (Å²) in [5.74, 6) is 0.630. The van der Waals surface area contributed by atoms with Gasteiger partial charge < -0.3 is 9.32 Å². The summed E-state index contributed by atoms with van der Waals surface area (Å²) in [5.41, 5.74) is 12.8. The molecule has 0 spiro atoms. The number of oxazole rings is 1. The van der Waals surface area contributed by atoms with Crippen molar-refractivity contribution in [2.24, 2.45) is 0 Å². The third-order valence-corrected chi connectivity index (χ3v) is 10.3. The normalized spacial score (nSPS) is 11.3. The first-order valence-electron chi connectivity index (χ1n) is 18.3. The van der Waals surface area contributed by atoms with Crippen LogP contribution in [0.1, 0.15) is 0 Å². The summed E-state index contributed by atoms with van der Waals surface area (Å²) in [6, 6.07) is 72.9. The van der Waals surface area contributed by atoms with E-state index in [4.69, 9.17) is 9.40 Å². The van der Waals surface area contributed by atoms with Gasteiger partial charge in [-0.2, -0.15) is 0 Å². The number of para-hydroxylation sites is 1. The topological polar surface area (TPSA) is 29.3 Å². The predicted octanol–water partition coefficient (Wildman–Crippen LogP) is 14.3. The lowest BCUT2D eigenvalue weighted by Crippen LogP contribution is -2.09. The minimum absolute atomic E-state index is 0.630. The lowest BCUT2D eigenvalue weighted by molar-refractivity contribution is 0.623. The molecule has 0 unspecified atom stereocenters. The molecule has 0 saturated carbocycles. The molecule has 0 fully saturated rings. The van der Waals surface area contributed by atoms with Crippen LogP contribution >= 0.6 is 0 Å². The Bertz CT molecular complexity index is 2900. The Kier molecular flexibility index (Phi) is 7.81. The zero-order valence-corrected chi connectivity index (χ0v) is 29.4.